The van der Waals surface area contributed by atoms with Gasteiger partial charge in [-0.25, -0.2) is 4.57 Å². The van der Waals surface area contributed by atoms with Gasteiger partial charge in [-0.15, -0.1) is 0 Å². The SMILES string of the molecule is CCCCCCCC/C=C/C/C=C/C=C/C(O)CCCC(=O)OC[C@H](COP(=O)(O)O)OC(=O)CCCCCCCCC. The van der Waals surface area contributed by atoms with Crippen molar-refractivity contribution < 1.29 is 43.0 Å². The van der Waals surface area contributed by atoms with Crippen molar-refractivity contribution in [2.24, 2.45) is 0 Å². The average molecular weight is 631 g/mol. The fourth-order valence-corrected chi connectivity index (χ4v) is 4.62. The molecule has 10 heteroatoms. The van der Waals surface area contributed by atoms with Crippen molar-refractivity contribution in [2.75, 3.05) is 13.2 Å². The zero-order valence-electron chi connectivity index (χ0n) is 26.7. The van der Waals surface area contributed by atoms with E-state index in [0.29, 0.717) is 19.3 Å². The molecule has 0 aromatic carbocycles. The number of hydrogen-bond acceptors (Lipinski definition) is 7. The molecule has 0 spiro atoms. The Balaban J connectivity index is 4.20. The molecule has 0 saturated heterocycles. The minimum atomic E-state index is -4.78. The summed E-state index contributed by atoms with van der Waals surface area (Å²) in [5.41, 5.74) is 0. The Morgan fingerprint density at radius 3 is 1.98 bits per heavy atom. The monoisotopic (exact) mass is 630 g/mol. The molecular formula is C33H59O9P. The Labute approximate surface area is 260 Å². The van der Waals surface area contributed by atoms with Gasteiger partial charge in [0.1, 0.15) is 6.61 Å². The van der Waals surface area contributed by atoms with E-state index in [1.165, 1.54) is 57.8 Å². The molecule has 0 aromatic rings. The molecule has 0 aromatic heterocycles. The largest absolute Gasteiger partial charge is 0.469 e. The molecule has 43 heavy (non-hydrogen) atoms. The number of allylic oxidation sites excluding steroid dienone is 5. The van der Waals surface area contributed by atoms with Crippen LogP contribution in [0.2, 0.25) is 0 Å². The molecule has 3 N–H and O–H groups in total. The number of ether oxygens (including phenoxy) is 2. The standard InChI is InChI=1S/C33H59O9P/c1-3-5-7-9-11-12-13-14-15-16-18-19-21-24-30(34)25-23-27-32(35)40-28-31(29-41-43(37,38)39)42-33(36)26-22-20-17-10-8-6-4-2/h14-15,18-19,21,24,30-31,34H,3-13,16-17,20,22-23,25-29H2,1-2H3,(H2,37,38,39)/b15-14+,19-18+,24-21+/t30?,31-/m1/s1. The molecule has 250 valence electrons. The second-order valence-electron chi connectivity index (χ2n) is 11.0. The molecule has 2 atom stereocenters. The average Bonchev–Trinajstić information content (AvgIpc) is 2.96. The lowest BCUT2D eigenvalue weighted by Crippen LogP contribution is -2.29. The predicted octanol–water partition coefficient (Wildman–Crippen LogP) is 8.03. The highest BCUT2D eigenvalue weighted by Gasteiger charge is 2.23. The van der Waals surface area contributed by atoms with Crippen molar-refractivity contribution in [2.45, 2.75) is 148 Å². The number of aliphatic hydroxyl groups excluding tert-OH is 1. The van der Waals surface area contributed by atoms with Gasteiger partial charge in [-0.1, -0.05) is 121 Å². The van der Waals surface area contributed by atoms with Gasteiger partial charge in [0.05, 0.1) is 12.7 Å². The third kappa shape index (κ3) is 31.5. The van der Waals surface area contributed by atoms with Crippen LogP contribution in [0, 0.1) is 0 Å². The maximum absolute atomic E-state index is 12.2. The number of phosphoric ester groups is 1. The number of rotatable bonds is 29. The number of hydrogen-bond donors (Lipinski definition) is 3. The first-order valence-electron chi connectivity index (χ1n) is 16.4. The Bertz CT molecular complexity index is 819. The molecule has 0 aliphatic carbocycles. The Kier molecular flexibility index (Phi) is 27.8. The summed E-state index contributed by atoms with van der Waals surface area (Å²) >= 11 is 0. The van der Waals surface area contributed by atoms with Crippen LogP contribution in [0.5, 0.6) is 0 Å². The van der Waals surface area contributed by atoms with Gasteiger partial charge in [0.15, 0.2) is 6.10 Å². The highest BCUT2D eigenvalue weighted by Crippen LogP contribution is 2.35. The minimum Gasteiger partial charge on any atom is -0.462 e. The van der Waals surface area contributed by atoms with Gasteiger partial charge >= 0.3 is 19.8 Å². The van der Waals surface area contributed by atoms with E-state index in [2.05, 4.69) is 30.5 Å². The van der Waals surface area contributed by atoms with Crippen LogP contribution in [-0.2, 0) is 28.2 Å². The summed E-state index contributed by atoms with van der Waals surface area (Å²) in [4.78, 5) is 42.3. The van der Waals surface area contributed by atoms with Crippen LogP contribution in [0.15, 0.2) is 36.5 Å². The number of carbonyl (C=O) groups excluding carboxylic acids is 2. The Morgan fingerprint density at radius 1 is 0.721 bits per heavy atom. The first-order chi connectivity index (χ1) is 20.7. The maximum atomic E-state index is 12.2. The van der Waals surface area contributed by atoms with Gasteiger partial charge in [0, 0.05) is 12.8 Å². The van der Waals surface area contributed by atoms with E-state index in [1.807, 2.05) is 12.2 Å². The number of unbranched alkanes of at least 4 members (excludes halogenated alkanes) is 12. The van der Waals surface area contributed by atoms with E-state index in [-0.39, 0.29) is 19.4 Å². The lowest BCUT2D eigenvalue weighted by molar-refractivity contribution is -0.161. The molecule has 0 bridgehead atoms. The molecule has 1 unspecified atom stereocenters. The summed E-state index contributed by atoms with van der Waals surface area (Å²) in [6.07, 6.45) is 27.9. The van der Waals surface area contributed by atoms with E-state index in [4.69, 9.17) is 19.3 Å². The Hall–Kier alpha value is -1.77. The van der Waals surface area contributed by atoms with Gasteiger partial charge in [0.2, 0.25) is 0 Å². The van der Waals surface area contributed by atoms with Gasteiger partial charge in [0.25, 0.3) is 0 Å². The summed E-state index contributed by atoms with van der Waals surface area (Å²) in [5.74, 6) is -1.09. The summed E-state index contributed by atoms with van der Waals surface area (Å²) in [7, 11) is -4.78. The van der Waals surface area contributed by atoms with Crippen LogP contribution < -0.4 is 0 Å². The molecular weight excluding hydrogens is 571 g/mol. The first kappa shape index (κ1) is 41.2. The second kappa shape index (κ2) is 29.0. The number of carbonyl (C=O) groups is 2. The zero-order chi connectivity index (χ0) is 32.0. The number of aliphatic hydroxyl groups is 1. The maximum Gasteiger partial charge on any atom is 0.469 e. The summed E-state index contributed by atoms with van der Waals surface area (Å²) in [5, 5.41) is 10.1. The fraction of sp³-hybridized carbons (Fsp3) is 0.758. The normalized spacial score (nSPS) is 13.7. The molecule has 0 fully saturated rings. The van der Waals surface area contributed by atoms with E-state index in [9.17, 15) is 19.3 Å². The first-order valence-corrected chi connectivity index (χ1v) is 17.9. The van der Waals surface area contributed by atoms with Crippen molar-refractivity contribution in [3.05, 3.63) is 36.5 Å². The smallest absolute Gasteiger partial charge is 0.462 e. The van der Waals surface area contributed by atoms with Crippen LogP contribution in [0.4, 0.5) is 0 Å². The zero-order valence-corrected chi connectivity index (χ0v) is 27.6. The molecule has 0 aliphatic rings. The molecule has 0 rings (SSSR count). The Morgan fingerprint density at radius 2 is 1.33 bits per heavy atom. The summed E-state index contributed by atoms with van der Waals surface area (Å²) in [6, 6.07) is 0. The van der Waals surface area contributed by atoms with Crippen LogP contribution in [0.25, 0.3) is 0 Å². The summed E-state index contributed by atoms with van der Waals surface area (Å²) in [6.45, 7) is 3.42. The van der Waals surface area contributed by atoms with Gasteiger partial charge < -0.3 is 24.4 Å². The van der Waals surface area contributed by atoms with Gasteiger partial charge in [-0.05, 0) is 38.5 Å². The lowest BCUT2D eigenvalue weighted by Gasteiger charge is -2.18. The molecule has 0 heterocycles. The molecule has 0 radical (unpaired) electrons. The van der Waals surface area contributed by atoms with E-state index in [0.717, 1.165) is 32.1 Å². The van der Waals surface area contributed by atoms with Gasteiger partial charge in [-0.3, -0.25) is 14.1 Å². The van der Waals surface area contributed by atoms with Crippen molar-refractivity contribution in [1.29, 1.82) is 0 Å². The molecule has 0 saturated carbocycles. The van der Waals surface area contributed by atoms with Crippen LogP contribution in [0.1, 0.15) is 136 Å². The third-order valence-corrected chi connectivity index (χ3v) is 7.25. The summed E-state index contributed by atoms with van der Waals surface area (Å²) < 4.78 is 25.9. The number of phosphoric acid groups is 1. The van der Waals surface area contributed by atoms with Crippen molar-refractivity contribution in [1.82, 2.24) is 0 Å². The predicted molar refractivity (Wildman–Crippen MR) is 171 cm³/mol. The number of esters is 2. The van der Waals surface area contributed by atoms with Crippen molar-refractivity contribution >= 4 is 19.8 Å². The quantitative estimate of drug-likeness (QED) is 0.0246. The second-order valence-corrected chi connectivity index (χ2v) is 12.2. The fourth-order valence-electron chi connectivity index (χ4n) is 4.26. The topological polar surface area (TPSA) is 140 Å². The van der Waals surface area contributed by atoms with E-state index in [1.54, 1.807) is 12.2 Å². The van der Waals surface area contributed by atoms with E-state index >= 15 is 0 Å². The van der Waals surface area contributed by atoms with Crippen LogP contribution in [0.3, 0.4) is 0 Å². The highest BCUT2D eigenvalue weighted by atomic mass is 31.2. The van der Waals surface area contributed by atoms with Crippen LogP contribution >= 0.6 is 7.82 Å². The minimum absolute atomic E-state index is 0.0438. The lowest BCUT2D eigenvalue weighted by atomic mass is 10.1. The third-order valence-electron chi connectivity index (χ3n) is 6.77. The van der Waals surface area contributed by atoms with Crippen molar-refractivity contribution in [3.8, 4) is 0 Å². The van der Waals surface area contributed by atoms with E-state index < -0.39 is 38.6 Å². The van der Waals surface area contributed by atoms with Gasteiger partial charge in [-0.2, -0.15) is 0 Å². The van der Waals surface area contributed by atoms with Crippen molar-refractivity contribution in [3.63, 3.8) is 0 Å². The molecule has 9 nitrogen and oxygen atoms in total. The van der Waals surface area contributed by atoms with Crippen LogP contribution in [-0.4, -0.2) is 52.3 Å². The highest BCUT2D eigenvalue weighted by molar-refractivity contribution is 7.46. The molecule has 0 aliphatic heterocycles. The molecule has 0 amide bonds.